The van der Waals surface area contributed by atoms with Gasteiger partial charge in [-0.05, 0) is 25.0 Å². The van der Waals surface area contributed by atoms with E-state index in [2.05, 4.69) is 10.6 Å². The first-order valence-corrected chi connectivity index (χ1v) is 7.68. The summed E-state index contributed by atoms with van der Waals surface area (Å²) in [6, 6.07) is 3.38. The molecule has 0 atom stereocenters. The van der Waals surface area contributed by atoms with Crippen molar-refractivity contribution in [1.29, 1.82) is 0 Å². The molecule has 0 unspecified atom stereocenters. The van der Waals surface area contributed by atoms with Gasteiger partial charge in [-0.2, -0.15) is 0 Å². The van der Waals surface area contributed by atoms with Gasteiger partial charge in [-0.1, -0.05) is 12.8 Å². The second-order valence-corrected chi connectivity index (χ2v) is 5.74. The van der Waals surface area contributed by atoms with Crippen LogP contribution >= 0.6 is 11.3 Å². The summed E-state index contributed by atoms with van der Waals surface area (Å²) in [7, 11) is 0. The molecular formula is C14H20N2O4S. The normalized spacial score (nSPS) is 10.1. The Hall–Kier alpha value is -1.89. The Kier molecular flexibility index (Phi) is 7.45. The smallest absolute Gasteiger partial charge is 0.303 e. The van der Waals surface area contributed by atoms with Crippen molar-refractivity contribution in [2.24, 2.45) is 0 Å². The minimum absolute atomic E-state index is 0.151. The van der Waals surface area contributed by atoms with E-state index in [4.69, 9.17) is 5.11 Å². The number of hydrogen-bond donors (Lipinski definition) is 3. The lowest BCUT2D eigenvalue weighted by atomic mass is 10.1. The molecule has 3 N–H and O–H groups in total. The van der Waals surface area contributed by atoms with Crippen LogP contribution in [0.4, 0.5) is 5.00 Å². The molecule has 0 aliphatic heterocycles. The van der Waals surface area contributed by atoms with E-state index in [0.29, 0.717) is 22.8 Å². The van der Waals surface area contributed by atoms with Crippen LogP contribution in [-0.2, 0) is 9.59 Å². The molecule has 0 aliphatic rings. The number of carboxylic acid groups (broad SMARTS) is 1. The quantitative estimate of drug-likeness (QED) is 0.610. The molecule has 7 heteroatoms. The molecule has 0 spiro atoms. The zero-order valence-electron chi connectivity index (χ0n) is 12.0. The van der Waals surface area contributed by atoms with Crippen molar-refractivity contribution >= 4 is 34.1 Å². The van der Waals surface area contributed by atoms with Gasteiger partial charge in [0.15, 0.2) is 0 Å². The van der Waals surface area contributed by atoms with Crippen molar-refractivity contribution in [3.63, 3.8) is 0 Å². The van der Waals surface area contributed by atoms with Crippen molar-refractivity contribution in [3.8, 4) is 0 Å². The summed E-state index contributed by atoms with van der Waals surface area (Å²) in [5.41, 5.74) is 0. The topological polar surface area (TPSA) is 95.5 Å². The summed E-state index contributed by atoms with van der Waals surface area (Å²) in [5, 5.41) is 14.6. The Balaban J connectivity index is 2.17. The molecule has 21 heavy (non-hydrogen) atoms. The van der Waals surface area contributed by atoms with Crippen LogP contribution in [0.1, 0.15) is 48.7 Å². The number of anilines is 1. The summed E-state index contributed by atoms with van der Waals surface area (Å²) >= 11 is 1.24. The Morgan fingerprint density at radius 2 is 1.86 bits per heavy atom. The fourth-order valence-electron chi connectivity index (χ4n) is 1.74. The van der Waals surface area contributed by atoms with Crippen molar-refractivity contribution < 1.29 is 19.5 Å². The second kappa shape index (κ2) is 9.12. The lowest BCUT2D eigenvalue weighted by Gasteiger charge is -2.03. The number of thiophene rings is 1. The molecule has 2 amide bonds. The largest absolute Gasteiger partial charge is 0.481 e. The van der Waals surface area contributed by atoms with Crippen LogP contribution in [0.5, 0.6) is 0 Å². The number of unbranched alkanes of at least 4 members (excludes halogenated alkanes) is 3. The van der Waals surface area contributed by atoms with Crippen molar-refractivity contribution in [1.82, 2.24) is 5.32 Å². The summed E-state index contributed by atoms with van der Waals surface area (Å²) in [5.74, 6) is -1.08. The third kappa shape index (κ3) is 7.45. The van der Waals surface area contributed by atoms with E-state index in [9.17, 15) is 14.4 Å². The first-order chi connectivity index (χ1) is 9.99. The molecule has 6 nitrogen and oxygen atoms in total. The molecule has 0 aromatic carbocycles. The summed E-state index contributed by atoms with van der Waals surface area (Å²) in [4.78, 5) is 33.6. The Morgan fingerprint density at radius 3 is 2.52 bits per heavy atom. The fourth-order valence-corrected chi connectivity index (χ4v) is 2.61. The molecule has 0 radical (unpaired) electrons. The van der Waals surface area contributed by atoms with Crippen LogP contribution in [0.15, 0.2) is 12.1 Å². The van der Waals surface area contributed by atoms with Gasteiger partial charge >= 0.3 is 5.97 Å². The maximum Gasteiger partial charge on any atom is 0.303 e. The van der Waals surface area contributed by atoms with E-state index in [0.717, 1.165) is 19.3 Å². The highest BCUT2D eigenvalue weighted by atomic mass is 32.1. The molecule has 1 aromatic rings. The van der Waals surface area contributed by atoms with Gasteiger partial charge in [0.2, 0.25) is 5.91 Å². The molecule has 0 saturated carbocycles. The van der Waals surface area contributed by atoms with Crippen LogP contribution in [0.25, 0.3) is 0 Å². The standard InChI is InChI=1S/C14H20N2O4S/c1-10(17)16-12-8-7-11(21-12)14(20)15-9-5-3-2-4-6-13(18)19/h7-8H,2-6,9H2,1H3,(H,15,20)(H,16,17)(H,18,19). The summed E-state index contributed by atoms with van der Waals surface area (Å²) in [6.45, 7) is 1.99. The van der Waals surface area contributed by atoms with Gasteiger partial charge in [0.05, 0.1) is 9.88 Å². The van der Waals surface area contributed by atoms with Crippen LogP contribution < -0.4 is 10.6 Å². The molecule has 1 rings (SSSR count). The summed E-state index contributed by atoms with van der Waals surface area (Å²) in [6.07, 6.45) is 3.46. The number of nitrogens with one attached hydrogen (secondary N) is 2. The number of carbonyl (C=O) groups is 3. The minimum Gasteiger partial charge on any atom is -0.481 e. The number of amides is 2. The predicted octanol–water partition coefficient (Wildman–Crippen LogP) is 2.47. The van der Waals surface area contributed by atoms with E-state index >= 15 is 0 Å². The molecule has 1 aromatic heterocycles. The SMILES string of the molecule is CC(=O)Nc1ccc(C(=O)NCCCCCCC(=O)O)s1. The zero-order chi connectivity index (χ0) is 15.7. The molecule has 1 heterocycles. The zero-order valence-corrected chi connectivity index (χ0v) is 12.8. The maximum atomic E-state index is 11.8. The third-order valence-corrected chi connectivity index (χ3v) is 3.73. The third-order valence-electron chi connectivity index (χ3n) is 2.73. The van der Waals surface area contributed by atoms with E-state index in [-0.39, 0.29) is 18.2 Å². The minimum atomic E-state index is -0.768. The van der Waals surface area contributed by atoms with Crippen molar-refractivity contribution in [2.75, 3.05) is 11.9 Å². The predicted molar refractivity (Wildman–Crippen MR) is 81.7 cm³/mol. The Morgan fingerprint density at radius 1 is 1.14 bits per heavy atom. The van der Waals surface area contributed by atoms with Crippen LogP contribution in [0.2, 0.25) is 0 Å². The van der Waals surface area contributed by atoms with Crippen LogP contribution in [0, 0.1) is 0 Å². The van der Waals surface area contributed by atoms with Crippen LogP contribution in [-0.4, -0.2) is 29.4 Å². The van der Waals surface area contributed by atoms with E-state index in [1.165, 1.54) is 18.3 Å². The lowest BCUT2D eigenvalue weighted by molar-refractivity contribution is -0.137. The fraction of sp³-hybridized carbons (Fsp3) is 0.500. The first kappa shape index (κ1) is 17.2. The number of hydrogen-bond acceptors (Lipinski definition) is 4. The van der Waals surface area contributed by atoms with E-state index in [1.807, 2.05) is 0 Å². The highest BCUT2D eigenvalue weighted by Crippen LogP contribution is 2.21. The number of aliphatic carboxylic acids is 1. The van der Waals surface area contributed by atoms with Gasteiger partial charge in [-0.3, -0.25) is 14.4 Å². The number of carbonyl (C=O) groups excluding carboxylic acids is 2. The second-order valence-electron chi connectivity index (χ2n) is 4.66. The monoisotopic (exact) mass is 312 g/mol. The molecular weight excluding hydrogens is 292 g/mol. The van der Waals surface area contributed by atoms with Crippen molar-refractivity contribution in [2.45, 2.75) is 39.0 Å². The highest BCUT2D eigenvalue weighted by molar-refractivity contribution is 7.18. The van der Waals surface area contributed by atoms with Gasteiger partial charge in [-0.25, -0.2) is 0 Å². The molecule has 0 fully saturated rings. The van der Waals surface area contributed by atoms with Gasteiger partial charge in [0.25, 0.3) is 5.91 Å². The molecule has 0 aliphatic carbocycles. The first-order valence-electron chi connectivity index (χ1n) is 6.86. The van der Waals surface area contributed by atoms with E-state index < -0.39 is 5.97 Å². The lowest BCUT2D eigenvalue weighted by Crippen LogP contribution is -2.23. The number of carboxylic acids is 1. The van der Waals surface area contributed by atoms with Crippen LogP contribution in [0.3, 0.4) is 0 Å². The average Bonchev–Trinajstić information content (AvgIpc) is 2.84. The Labute approximate surface area is 127 Å². The maximum absolute atomic E-state index is 11.8. The molecule has 0 bridgehead atoms. The van der Waals surface area contributed by atoms with Gasteiger partial charge < -0.3 is 15.7 Å². The summed E-state index contributed by atoms with van der Waals surface area (Å²) < 4.78 is 0. The van der Waals surface area contributed by atoms with E-state index in [1.54, 1.807) is 12.1 Å². The van der Waals surface area contributed by atoms with Gasteiger partial charge in [0.1, 0.15) is 0 Å². The van der Waals surface area contributed by atoms with Gasteiger partial charge in [0, 0.05) is 19.9 Å². The molecule has 116 valence electrons. The average molecular weight is 312 g/mol. The van der Waals surface area contributed by atoms with Crippen molar-refractivity contribution in [3.05, 3.63) is 17.0 Å². The van der Waals surface area contributed by atoms with Gasteiger partial charge in [-0.15, -0.1) is 11.3 Å². The molecule has 0 saturated heterocycles. The Bertz CT molecular complexity index is 499. The highest BCUT2D eigenvalue weighted by Gasteiger charge is 2.09. The number of rotatable bonds is 9.